The van der Waals surface area contributed by atoms with Gasteiger partial charge < -0.3 is 9.73 Å². The van der Waals surface area contributed by atoms with E-state index in [0.717, 1.165) is 5.76 Å². The van der Waals surface area contributed by atoms with Gasteiger partial charge in [0.2, 0.25) is 0 Å². The molecule has 1 aromatic heterocycles. The van der Waals surface area contributed by atoms with E-state index in [0.29, 0.717) is 22.0 Å². The minimum absolute atomic E-state index is 0.179. The number of anilines is 1. The topological polar surface area (TPSA) is 42.2 Å². The Kier molecular flexibility index (Phi) is 3.20. The van der Waals surface area contributed by atoms with Crippen LogP contribution in [0.3, 0.4) is 0 Å². The molecule has 0 fully saturated rings. The van der Waals surface area contributed by atoms with Crippen molar-refractivity contribution < 1.29 is 9.21 Å². The first kappa shape index (κ1) is 11.7. The maximum absolute atomic E-state index is 11.9. The van der Waals surface area contributed by atoms with E-state index in [4.69, 9.17) is 16.0 Å². The first-order chi connectivity index (χ1) is 8.06. The molecule has 0 radical (unpaired) electrons. The van der Waals surface area contributed by atoms with E-state index >= 15 is 0 Å². The molecule has 0 aliphatic rings. The molecule has 0 saturated heterocycles. The largest absolute Gasteiger partial charge is 0.466 e. The minimum Gasteiger partial charge on any atom is -0.466 e. The molecule has 1 N–H and O–H groups in total. The quantitative estimate of drug-likeness (QED) is 0.880. The van der Waals surface area contributed by atoms with Crippen LogP contribution in [0.4, 0.5) is 5.69 Å². The Bertz CT molecular complexity index is 543. The number of nitrogens with one attached hydrogen (secondary N) is 1. The lowest BCUT2D eigenvalue weighted by atomic mass is 10.2. The molecule has 3 nitrogen and oxygen atoms in total. The highest BCUT2D eigenvalue weighted by Crippen LogP contribution is 2.17. The van der Waals surface area contributed by atoms with E-state index in [9.17, 15) is 4.79 Å². The van der Waals surface area contributed by atoms with Gasteiger partial charge in [-0.15, -0.1) is 0 Å². The summed E-state index contributed by atoms with van der Waals surface area (Å²) in [6.07, 6.45) is 0. The zero-order chi connectivity index (χ0) is 12.4. The van der Waals surface area contributed by atoms with E-state index in [1.54, 1.807) is 37.3 Å². The molecule has 1 amide bonds. The monoisotopic (exact) mass is 249 g/mol. The van der Waals surface area contributed by atoms with Gasteiger partial charge in [-0.1, -0.05) is 11.6 Å². The highest BCUT2D eigenvalue weighted by Gasteiger charge is 2.13. The second-order valence-corrected chi connectivity index (χ2v) is 4.22. The maximum atomic E-state index is 11.9. The fourth-order valence-corrected chi connectivity index (χ4v) is 1.71. The molecule has 0 aliphatic carbocycles. The van der Waals surface area contributed by atoms with Gasteiger partial charge in [0.1, 0.15) is 11.5 Å². The Labute approximate surface area is 104 Å². The number of carbonyl (C=O) groups excluding carboxylic acids is 1. The molecule has 4 heteroatoms. The van der Waals surface area contributed by atoms with Crippen LogP contribution in [0.15, 0.2) is 34.7 Å². The Morgan fingerprint density at radius 1 is 1.24 bits per heavy atom. The van der Waals surface area contributed by atoms with Crippen LogP contribution in [0.25, 0.3) is 0 Å². The minimum atomic E-state index is -0.179. The number of hydrogen-bond acceptors (Lipinski definition) is 2. The summed E-state index contributed by atoms with van der Waals surface area (Å²) in [5.41, 5.74) is 1.26. The predicted molar refractivity (Wildman–Crippen MR) is 67.6 cm³/mol. The summed E-state index contributed by atoms with van der Waals surface area (Å²) in [6, 6.07) is 8.68. The standard InChI is InChI=1S/C13H12ClNO2/c1-8-7-12(9(2)17-8)13(16)15-11-5-3-10(14)4-6-11/h3-7H,1-2H3,(H,15,16). The smallest absolute Gasteiger partial charge is 0.259 e. The fourth-order valence-electron chi connectivity index (χ4n) is 1.59. The molecule has 0 saturated carbocycles. The van der Waals surface area contributed by atoms with Crippen molar-refractivity contribution in [3.63, 3.8) is 0 Å². The summed E-state index contributed by atoms with van der Waals surface area (Å²) in [5, 5.41) is 3.42. The van der Waals surface area contributed by atoms with E-state index in [1.165, 1.54) is 0 Å². The first-order valence-corrected chi connectivity index (χ1v) is 5.58. The highest BCUT2D eigenvalue weighted by atomic mass is 35.5. The molecule has 2 rings (SSSR count). The number of halogens is 1. The number of furan rings is 1. The number of carbonyl (C=O) groups is 1. The summed E-state index contributed by atoms with van der Waals surface area (Å²) in [4.78, 5) is 11.9. The van der Waals surface area contributed by atoms with Crippen molar-refractivity contribution in [1.29, 1.82) is 0 Å². The molecule has 1 heterocycles. The number of aryl methyl sites for hydroxylation is 2. The average Bonchev–Trinajstić information content (AvgIpc) is 2.61. The van der Waals surface area contributed by atoms with Crippen LogP contribution in [0, 0.1) is 13.8 Å². The van der Waals surface area contributed by atoms with Crippen molar-refractivity contribution in [3.8, 4) is 0 Å². The number of rotatable bonds is 2. The van der Waals surface area contributed by atoms with Gasteiger partial charge in [0, 0.05) is 10.7 Å². The molecule has 0 spiro atoms. The van der Waals surface area contributed by atoms with Crippen molar-refractivity contribution in [2.75, 3.05) is 5.32 Å². The van der Waals surface area contributed by atoms with Crippen LogP contribution in [0.2, 0.25) is 5.02 Å². The molecule has 0 unspecified atom stereocenters. The van der Waals surface area contributed by atoms with E-state index in [2.05, 4.69) is 5.32 Å². The van der Waals surface area contributed by atoms with Crippen molar-refractivity contribution in [1.82, 2.24) is 0 Å². The van der Waals surface area contributed by atoms with Gasteiger partial charge in [0.25, 0.3) is 5.91 Å². The van der Waals surface area contributed by atoms with Crippen molar-refractivity contribution in [2.45, 2.75) is 13.8 Å². The molecule has 88 valence electrons. The van der Waals surface area contributed by atoms with Gasteiger partial charge in [0.05, 0.1) is 5.56 Å². The van der Waals surface area contributed by atoms with Crippen LogP contribution in [0.5, 0.6) is 0 Å². The molecule has 2 aromatic rings. The van der Waals surface area contributed by atoms with Gasteiger partial charge in [-0.05, 0) is 44.2 Å². The zero-order valence-electron chi connectivity index (χ0n) is 9.58. The Hall–Kier alpha value is -1.74. The molecular weight excluding hydrogens is 238 g/mol. The Morgan fingerprint density at radius 3 is 2.41 bits per heavy atom. The van der Waals surface area contributed by atoms with E-state index < -0.39 is 0 Å². The lowest BCUT2D eigenvalue weighted by Crippen LogP contribution is -2.11. The summed E-state index contributed by atoms with van der Waals surface area (Å²) >= 11 is 5.77. The lowest BCUT2D eigenvalue weighted by molar-refractivity contribution is 0.102. The summed E-state index contributed by atoms with van der Waals surface area (Å²) < 4.78 is 5.31. The normalized spacial score (nSPS) is 10.3. The summed E-state index contributed by atoms with van der Waals surface area (Å²) in [5.74, 6) is 1.17. The predicted octanol–water partition coefficient (Wildman–Crippen LogP) is 3.80. The molecule has 17 heavy (non-hydrogen) atoms. The summed E-state index contributed by atoms with van der Waals surface area (Å²) in [7, 11) is 0. The van der Waals surface area contributed by atoms with Gasteiger partial charge >= 0.3 is 0 Å². The highest BCUT2D eigenvalue weighted by molar-refractivity contribution is 6.30. The van der Waals surface area contributed by atoms with Crippen LogP contribution < -0.4 is 5.32 Å². The number of hydrogen-bond donors (Lipinski definition) is 1. The SMILES string of the molecule is Cc1cc(C(=O)Nc2ccc(Cl)cc2)c(C)o1. The molecule has 0 bridgehead atoms. The third-order valence-electron chi connectivity index (χ3n) is 2.39. The van der Waals surface area contributed by atoms with Gasteiger partial charge in [-0.2, -0.15) is 0 Å². The van der Waals surface area contributed by atoms with Gasteiger partial charge in [0.15, 0.2) is 0 Å². The van der Waals surface area contributed by atoms with Crippen LogP contribution in [-0.2, 0) is 0 Å². The molecular formula is C13H12ClNO2. The first-order valence-electron chi connectivity index (χ1n) is 5.20. The maximum Gasteiger partial charge on any atom is 0.259 e. The number of benzene rings is 1. The van der Waals surface area contributed by atoms with Gasteiger partial charge in [-0.3, -0.25) is 4.79 Å². The van der Waals surface area contributed by atoms with E-state index in [1.807, 2.05) is 6.92 Å². The third kappa shape index (κ3) is 2.68. The van der Waals surface area contributed by atoms with Crippen molar-refractivity contribution in [3.05, 3.63) is 52.4 Å². The average molecular weight is 250 g/mol. The van der Waals surface area contributed by atoms with Gasteiger partial charge in [-0.25, -0.2) is 0 Å². The Balaban J connectivity index is 2.17. The fraction of sp³-hybridized carbons (Fsp3) is 0.154. The van der Waals surface area contributed by atoms with Crippen LogP contribution in [0.1, 0.15) is 21.9 Å². The molecule has 0 atom stereocenters. The van der Waals surface area contributed by atoms with Crippen molar-refractivity contribution in [2.24, 2.45) is 0 Å². The van der Waals surface area contributed by atoms with E-state index in [-0.39, 0.29) is 5.91 Å². The van der Waals surface area contributed by atoms with Crippen LogP contribution >= 0.6 is 11.6 Å². The summed E-state index contributed by atoms with van der Waals surface area (Å²) in [6.45, 7) is 3.58. The Morgan fingerprint density at radius 2 is 1.88 bits per heavy atom. The number of amides is 1. The zero-order valence-corrected chi connectivity index (χ0v) is 10.3. The molecule has 0 aliphatic heterocycles. The molecule has 1 aromatic carbocycles. The third-order valence-corrected chi connectivity index (χ3v) is 2.64. The van der Waals surface area contributed by atoms with Crippen molar-refractivity contribution >= 4 is 23.2 Å². The lowest BCUT2D eigenvalue weighted by Gasteiger charge is -2.03. The van der Waals surface area contributed by atoms with Crippen LogP contribution in [-0.4, -0.2) is 5.91 Å². The second kappa shape index (κ2) is 4.63. The second-order valence-electron chi connectivity index (χ2n) is 3.79.